The van der Waals surface area contributed by atoms with Crippen LogP contribution in [0.4, 0.5) is 13.2 Å². The number of hydrogen-bond acceptors (Lipinski definition) is 5. The molecule has 0 spiro atoms. The molecular weight excluding hydrogens is 375 g/mol. The SMILES string of the molecule is Oc1ccnc(SCCCN2C[C@@H]3C[C@]3(C3C=CC(C(F)(F)F)=CC3)C2)n1. The fourth-order valence-electron chi connectivity index (χ4n) is 4.48. The molecular formula is C19H22F3N3OS. The van der Waals surface area contributed by atoms with E-state index in [1.54, 1.807) is 12.3 Å². The van der Waals surface area contributed by atoms with Gasteiger partial charge in [0.2, 0.25) is 5.88 Å². The number of aromatic hydroxyl groups is 1. The van der Waals surface area contributed by atoms with Gasteiger partial charge in [-0.05, 0) is 43.1 Å². The van der Waals surface area contributed by atoms with E-state index in [1.165, 1.54) is 30.0 Å². The number of aromatic nitrogens is 2. The number of thioether (sulfide) groups is 1. The van der Waals surface area contributed by atoms with Gasteiger partial charge in [0.1, 0.15) is 0 Å². The van der Waals surface area contributed by atoms with Crippen molar-refractivity contribution < 1.29 is 18.3 Å². The average Bonchev–Trinajstić information content (AvgIpc) is 3.20. The van der Waals surface area contributed by atoms with E-state index in [9.17, 15) is 18.3 Å². The summed E-state index contributed by atoms with van der Waals surface area (Å²) in [5.74, 6) is 1.71. The third-order valence-electron chi connectivity index (χ3n) is 5.91. The average molecular weight is 397 g/mol. The van der Waals surface area contributed by atoms with Gasteiger partial charge in [0.05, 0.1) is 5.57 Å². The van der Waals surface area contributed by atoms with E-state index in [-0.39, 0.29) is 17.2 Å². The van der Waals surface area contributed by atoms with E-state index in [0.29, 0.717) is 17.5 Å². The Labute approximate surface area is 160 Å². The zero-order valence-electron chi connectivity index (χ0n) is 14.8. The number of piperidine rings is 1. The van der Waals surface area contributed by atoms with Crippen LogP contribution in [0.2, 0.25) is 0 Å². The molecule has 1 unspecified atom stereocenters. The maximum absolute atomic E-state index is 12.8. The van der Waals surface area contributed by atoms with Crippen molar-refractivity contribution in [2.75, 3.05) is 25.4 Å². The first-order chi connectivity index (χ1) is 12.9. The molecule has 0 amide bonds. The van der Waals surface area contributed by atoms with E-state index in [0.717, 1.165) is 38.2 Å². The van der Waals surface area contributed by atoms with Crippen LogP contribution in [0.3, 0.4) is 0 Å². The molecule has 27 heavy (non-hydrogen) atoms. The number of alkyl halides is 3. The lowest BCUT2D eigenvalue weighted by molar-refractivity contribution is -0.0888. The van der Waals surface area contributed by atoms with E-state index in [1.807, 2.05) is 0 Å². The Morgan fingerprint density at radius 1 is 1.37 bits per heavy atom. The summed E-state index contributed by atoms with van der Waals surface area (Å²) in [5.41, 5.74) is -0.320. The molecule has 0 aromatic carbocycles. The van der Waals surface area contributed by atoms with Gasteiger partial charge in [-0.3, -0.25) is 0 Å². The smallest absolute Gasteiger partial charge is 0.416 e. The zero-order valence-corrected chi connectivity index (χ0v) is 15.6. The number of halogens is 3. The molecule has 1 N–H and O–H groups in total. The van der Waals surface area contributed by atoms with E-state index in [4.69, 9.17) is 0 Å². The van der Waals surface area contributed by atoms with Crippen LogP contribution in [0.1, 0.15) is 19.3 Å². The summed E-state index contributed by atoms with van der Waals surface area (Å²) >= 11 is 1.53. The van der Waals surface area contributed by atoms with Crippen LogP contribution in [0.25, 0.3) is 0 Å². The fraction of sp³-hybridized carbons (Fsp3) is 0.579. The molecule has 3 atom stereocenters. The largest absolute Gasteiger partial charge is 0.493 e. The topological polar surface area (TPSA) is 49.3 Å². The Balaban J connectivity index is 1.23. The lowest BCUT2D eigenvalue weighted by Crippen LogP contribution is -2.29. The Morgan fingerprint density at radius 2 is 2.22 bits per heavy atom. The molecule has 2 aliphatic carbocycles. The first-order valence-corrected chi connectivity index (χ1v) is 10.2. The molecule has 0 bridgehead atoms. The zero-order chi connectivity index (χ0) is 19.1. The predicted molar refractivity (Wildman–Crippen MR) is 97.4 cm³/mol. The molecule has 1 aliphatic heterocycles. The molecule has 4 nitrogen and oxygen atoms in total. The molecule has 1 saturated carbocycles. The van der Waals surface area contributed by atoms with Crippen molar-refractivity contribution in [2.24, 2.45) is 17.3 Å². The first kappa shape index (κ1) is 18.8. The lowest BCUT2D eigenvalue weighted by atomic mass is 9.82. The molecule has 2 fully saturated rings. The number of hydrogen-bond donors (Lipinski definition) is 1. The monoisotopic (exact) mass is 397 g/mol. The highest BCUT2D eigenvalue weighted by atomic mass is 32.2. The summed E-state index contributed by atoms with van der Waals surface area (Å²) in [4.78, 5) is 10.5. The first-order valence-electron chi connectivity index (χ1n) is 9.19. The summed E-state index contributed by atoms with van der Waals surface area (Å²) in [7, 11) is 0. The second-order valence-electron chi connectivity index (χ2n) is 7.63. The molecule has 0 radical (unpaired) electrons. The predicted octanol–water partition coefficient (Wildman–Crippen LogP) is 4.05. The highest BCUT2D eigenvalue weighted by molar-refractivity contribution is 7.99. The van der Waals surface area contributed by atoms with Crippen LogP contribution >= 0.6 is 11.8 Å². The Kier molecular flexibility index (Phi) is 4.96. The second kappa shape index (κ2) is 7.13. The van der Waals surface area contributed by atoms with Gasteiger partial charge < -0.3 is 10.0 Å². The summed E-state index contributed by atoms with van der Waals surface area (Å²) in [6.07, 6.45) is 4.36. The highest BCUT2D eigenvalue weighted by Gasteiger charge is 2.62. The third-order valence-corrected chi connectivity index (χ3v) is 6.86. The summed E-state index contributed by atoms with van der Waals surface area (Å²) in [6, 6.07) is 1.45. The van der Waals surface area contributed by atoms with Crippen molar-refractivity contribution in [3.63, 3.8) is 0 Å². The van der Waals surface area contributed by atoms with Crippen molar-refractivity contribution in [3.05, 3.63) is 36.1 Å². The van der Waals surface area contributed by atoms with Crippen LogP contribution in [-0.2, 0) is 0 Å². The number of rotatable bonds is 6. The van der Waals surface area contributed by atoms with Crippen molar-refractivity contribution in [3.8, 4) is 5.88 Å². The number of likely N-dealkylation sites (tertiary alicyclic amines) is 1. The highest BCUT2D eigenvalue weighted by Crippen LogP contribution is 2.64. The number of nitrogens with zero attached hydrogens (tertiary/aromatic N) is 3. The van der Waals surface area contributed by atoms with Gasteiger partial charge in [-0.15, -0.1) is 0 Å². The minimum atomic E-state index is -4.24. The van der Waals surface area contributed by atoms with Gasteiger partial charge in [-0.25, -0.2) is 4.98 Å². The van der Waals surface area contributed by atoms with Crippen molar-refractivity contribution in [1.82, 2.24) is 14.9 Å². The fourth-order valence-corrected chi connectivity index (χ4v) is 5.23. The van der Waals surface area contributed by atoms with Gasteiger partial charge in [0.25, 0.3) is 0 Å². The quantitative estimate of drug-likeness (QED) is 0.446. The standard InChI is InChI=1S/C19H22F3N3OS/c20-19(21,22)14-4-2-13(3-5-14)18-10-15(18)11-25(12-18)8-1-9-27-17-23-7-6-16(26)24-17/h2,4-7,13,15H,1,3,8-12H2,(H,23,24,26)/t13?,15-,18+/m0/s1. The molecule has 8 heteroatoms. The van der Waals surface area contributed by atoms with E-state index in [2.05, 4.69) is 14.9 Å². The van der Waals surface area contributed by atoms with Crippen LogP contribution in [-0.4, -0.2) is 51.5 Å². The summed E-state index contributed by atoms with van der Waals surface area (Å²) in [5, 5.41) is 9.92. The number of allylic oxidation sites excluding steroid dienone is 4. The van der Waals surface area contributed by atoms with Crippen molar-refractivity contribution >= 4 is 11.8 Å². The van der Waals surface area contributed by atoms with Crippen LogP contribution < -0.4 is 0 Å². The summed E-state index contributed by atoms with van der Waals surface area (Å²) < 4.78 is 38.3. The maximum atomic E-state index is 12.8. The van der Waals surface area contributed by atoms with Gasteiger partial charge in [0, 0.05) is 31.1 Å². The summed E-state index contributed by atoms with van der Waals surface area (Å²) in [6.45, 7) is 3.01. The normalized spacial score (nSPS) is 30.3. The molecule has 1 aromatic heterocycles. The molecule has 3 aliphatic rings. The van der Waals surface area contributed by atoms with E-state index < -0.39 is 11.7 Å². The molecule has 1 aromatic rings. The maximum Gasteiger partial charge on any atom is 0.416 e. The molecule has 146 valence electrons. The van der Waals surface area contributed by atoms with Crippen molar-refractivity contribution in [2.45, 2.75) is 30.6 Å². The lowest BCUT2D eigenvalue weighted by Gasteiger charge is -2.27. The van der Waals surface area contributed by atoms with Gasteiger partial charge in [0.15, 0.2) is 5.16 Å². The number of fused-ring (bicyclic) bond motifs is 1. The van der Waals surface area contributed by atoms with Crippen LogP contribution in [0, 0.1) is 17.3 Å². The third kappa shape index (κ3) is 4.01. The van der Waals surface area contributed by atoms with Crippen molar-refractivity contribution in [1.29, 1.82) is 0 Å². The van der Waals surface area contributed by atoms with Gasteiger partial charge in [-0.2, -0.15) is 18.2 Å². The Hall–Kier alpha value is -1.54. The second-order valence-corrected chi connectivity index (χ2v) is 8.69. The molecule has 2 heterocycles. The van der Waals surface area contributed by atoms with Gasteiger partial charge >= 0.3 is 6.18 Å². The minimum Gasteiger partial charge on any atom is -0.493 e. The van der Waals surface area contributed by atoms with Crippen LogP contribution in [0.15, 0.2) is 41.2 Å². The minimum absolute atomic E-state index is 0.0164. The van der Waals surface area contributed by atoms with Gasteiger partial charge in [-0.1, -0.05) is 30.0 Å². The Morgan fingerprint density at radius 3 is 2.93 bits per heavy atom. The Bertz CT molecular complexity index is 767. The molecule has 4 rings (SSSR count). The van der Waals surface area contributed by atoms with Crippen LogP contribution in [0.5, 0.6) is 5.88 Å². The molecule has 1 saturated heterocycles. The van der Waals surface area contributed by atoms with E-state index >= 15 is 0 Å².